The number of rotatable bonds is 10. The smallest absolute Gasteiger partial charge is 0.262 e. The fraction of sp³-hybridized carbons (Fsp3) is 0.409. The van der Waals surface area contributed by atoms with Gasteiger partial charge >= 0.3 is 0 Å². The van der Waals surface area contributed by atoms with Crippen LogP contribution in [-0.4, -0.2) is 25.2 Å². The van der Waals surface area contributed by atoms with Crippen molar-refractivity contribution in [1.82, 2.24) is 5.32 Å². The van der Waals surface area contributed by atoms with Crippen molar-refractivity contribution in [2.24, 2.45) is 0 Å². The minimum atomic E-state index is -0.245. The summed E-state index contributed by atoms with van der Waals surface area (Å²) in [5.74, 6) is 0.791. The molecule has 0 bridgehead atoms. The van der Waals surface area contributed by atoms with Crippen LogP contribution in [0.2, 0.25) is 5.02 Å². The summed E-state index contributed by atoms with van der Waals surface area (Å²) in [6.07, 6.45) is 1.03. The van der Waals surface area contributed by atoms with Crippen LogP contribution in [-0.2, 0) is 11.3 Å². The number of hydrogen-bond acceptors (Lipinski definition) is 4. The largest absolute Gasteiger partial charge is 0.490 e. The van der Waals surface area contributed by atoms with Crippen LogP contribution in [0.5, 0.6) is 11.5 Å². The van der Waals surface area contributed by atoms with E-state index in [1.807, 2.05) is 44.2 Å². The topological polar surface area (TPSA) is 59.6 Å². The van der Waals surface area contributed by atoms with Gasteiger partial charge in [0.25, 0.3) is 5.91 Å². The van der Waals surface area contributed by atoms with Crippen LogP contribution in [0.3, 0.4) is 0 Å². The van der Waals surface area contributed by atoms with Crippen molar-refractivity contribution in [2.45, 2.75) is 46.7 Å². The Hall–Kier alpha value is -2.24. The second kappa shape index (κ2) is 10.9. The van der Waals surface area contributed by atoms with Crippen molar-refractivity contribution in [3.8, 4) is 11.5 Å². The minimum Gasteiger partial charge on any atom is -0.490 e. The molecule has 0 aliphatic rings. The molecule has 2 aromatic carbocycles. The predicted octanol–water partition coefficient (Wildman–Crippen LogP) is 4.95. The van der Waals surface area contributed by atoms with Crippen LogP contribution < -0.4 is 20.1 Å². The van der Waals surface area contributed by atoms with Gasteiger partial charge in [-0.05, 0) is 51.0 Å². The number of carbonyl (C=O) groups is 1. The van der Waals surface area contributed by atoms with Crippen LogP contribution >= 0.6 is 11.6 Å². The highest BCUT2D eigenvalue weighted by molar-refractivity contribution is 6.31. The van der Waals surface area contributed by atoms with Gasteiger partial charge in [0.1, 0.15) is 0 Å². The zero-order chi connectivity index (χ0) is 20.5. The van der Waals surface area contributed by atoms with Gasteiger partial charge in [0.2, 0.25) is 0 Å². The second-order valence-corrected chi connectivity index (χ2v) is 7.12. The highest BCUT2D eigenvalue weighted by Crippen LogP contribution is 2.33. The number of halogens is 1. The molecule has 0 aliphatic carbocycles. The number of ether oxygens (including phenoxy) is 2. The molecule has 1 unspecified atom stereocenters. The Labute approximate surface area is 172 Å². The maximum Gasteiger partial charge on any atom is 0.262 e. The number of anilines is 1. The van der Waals surface area contributed by atoms with Gasteiger partial charge < -0.3 is 20.1 Å². The number of nitrogens with one attached hydrogen (secondary N) is 2. The molecule has 0 aliphatic heterocycles. The first-order valence-electron chi connectivity index (χ1n) is 9.60. The van der Waals surface area contributed by atoms with E-state index in [0.29, 0.717) is 35.7 Å². The first kappa shape index (κ1) is 22.1. The summed E-state index contributed by atoms with van der Waals surface area (Å²) in [5, 5.41) is 6.80. The van der Waals surface area contributed by atoms with Crippen molar-refractivity contribution in [3.63, 3.8) is 0 Å². The van der Waals surface area contributed by atoms with Crippen LogP contribution in [0.4, 0.5) is 5.69 Å². The lowest BCUT2D eigenvalue weighted by Gasteiger charge is -2.16. The van der Waals surface area contributed by atoms with E-state index < -0.39 is 0 Å². The molecule has 0 saturated heterocycles. The van der Waals surface area contributed by atoms with Crippen LogP contribution in [0.25, 0.3) is 0 Å². The summed E-state index contributed by atoms with van der Waals surface area (Å²) in [7, 11) is 0. The van der Waals surface area contributed by atoms with Crippen LogP contribution in [0.15, 0.2) is 36.4 Å². The Kier molecular flexibility index (Phi) is 8.61. The molecule has 5 nitrogen and oxygen atoms in total. The maximum atomic E-state index is 12.2. The molecule has 2 rings (SSSR count). The highest BCUT2D eigenvalue weighted by Gasteiger charge is 2.13. The highest BCUT2D eigenvalue weighted by atomic mass is 35.5. The molecular formula is C22H29ClN2O3. The Morgan fingerprint density at radius 2 is 1.79 bits per heavy atom. The van der Waals surface area contributed by atoms with Crippen molar-refractivity contribution in [3.05, 3.63) is 52.5 Å². The normalized spacial score (nSPS) is 11.8. The van der Waals surface area contributed by atoms with Crippen molar-refractivity contribution in [1.29, 1.82) is 0 Å². The molecule has 0 heterocycles. The van der Waals surface area contributed by atoms with Gasteiger partial charge in [0.15, 0.2) is 18.1 Å². The summed E-state index contributed by atoms with van der Waals surface area (Å²) < 4.78 is 11.4. The first-order valence-corrected chi connectivity index (χ1v) is 9.98. The molecule has 0 saturated carbocycles. The van der Waals surface area contributed by atoms with Gasteiger partial charge in [0, 0.05) is 29.4 Å². The molecule has 6 heteroatoms. The van der Waals surface area contributed by atoms with Gasteiger partial charge in [0.05, 0.1) is 6.61 Å². The third-order valence-electron chi connectivity index (χ3n) is 4.36. The Balaban J connectivity index is 2.03. The summed E-state index contributed by atoms with van der Waals surface area (Å²) >= 11 is 6.41. The van der Waals surface area contributed by atoms with Crippen molar-refractivity contribution < 1.29 is 14.3 Å². The monoisotopic (exact) mass is 404 g/mol. The molecule has 0 spiro atoms. The SMILES string of the molecule is CCOc1cc(CNC(C)CC)c(Cl)cc1OCC(=O)Nc1ccc(C)cc1. The predicted molar refractivity (Wildman–Crippen MR) is 115 cm³/mol. The lowest BCUT2D eigenvalue weighted by Crippen LogP contribution is -2.24. The Morgan fingerprint density at radius 1 is 1.11 bits per heavy atom. The number of benzene rings is 2. The van der Waals surface area contributed by atoms with Gasteiger partial charge in [-0.15, -0.1) is 0 Å². The van der Waals surface area contributed by atoms with E-state index in [0.717, 1.165) is 23.2 Å². The molecule has 1 amide bonds. The van der Waals surface area contributed by atoms with Gasteiger partial charge in [-0.3, -0.25) is 4.79 Å². The summed E-state index contributed by atoms with van der Waals surface area (Å²) in [5.41, 5.74) is 2.80. The summed E-state index contributed by atoms with van der Waals surface area (Å²) in [6.45, 7) is 9.16. The van der Waals surface area contributed by atoms with Gasteiger partial charge in [-0.25, -0.2) is 0 Å². The van der Waals surface area contributed by atoms with E-state index in [2.05, 4.69) is 24.5 Å². The van der Waals surface area contributed by atoms with Crippen molar-refractivity contribution in [2.75, 3.05) is 18.5 Å². The molecule has 152 valence electrons. The number of carbonyl (C=O) groups excluding carboxylic acids is 1. The quantitative estimate of drug-likeness (QED) is 0.588. The Morgan fingerprint density at radius 3 is 2.43 bits per heavy atom. The lowest BCUT2D eigenvalue weighted by molar-refractivity contribution is -0.118. The van der Waals surface area contributed by atoms with Crippen molar-refractivity contribution >= 4 is 23.2 Å². The fourth-order valence-corrected chi connectivity index (χ4v) is 2.72. The van der Waals surface area contributed by atoms with Crippen LogP contribution in [0, 0.1) is 6.92 Å². The zero-order valence-corrected chi connectivity index (χ0v) is 17.7. The number of amides is 1. The van der Waals surface area contributed by atoms with E-state index in [4.69, 9.17) is 21.1 Å². The molecule has 0 aromatic heterocycles. The third kappa shape index (κ3) is 6.73. The molecule has 2 N–H and O–H groups in total. The number of aryl methyl sites for hydroxylation is 1. The zero-order valence-electron chi connectivity index (χ0n) is 17.0. The standard InChI is InChI=1S/C22H29ClN2O3/c1-5-16(4)24-13-17-11-20(27-6-2)21(12-19(17)23)28-14-22(26)25-18-9-7-15(3)8-10-18/h7-12,16,24H,5-6,13-14H2,1-4H3,(H,25,26). The van der Waals surface area contributed by atoms with E-state index in [1.165, 1.54) is 0 Å². The van der Waals surface area contributed by atoms with E-state index >= 15 is 0 Å². The molecule has 2 aromatic rings. The second-order valence-electron chi connectivity index (χ2n) is 6.72. The fourth-order valence-electron chi connectivity index (χ4n) is 2.50. The number of hydrogen-bond donors (Lipinski definition) is 2. The van der Waals surface area contributed by atoms with E-state index in [-0.39, 0.29) is 12.5 Å². The minimum absolute atomic E-state index is 0.130. The molecule has 0 radical (unpaired) electrons. The van der Waals surface area contributed by atoms with E-state index in [9.17, 15) is 4.79 Å². The molecule has 0 fully saturated rings. The Bertz CT molecular complexity index is 778. The van der Waals surface area contributed by atoms with Gasteiger partial charge in [-0.1, -0.05) is 36.2 Å². The molecular weight excluding hydrogens is 376 g/mol. The average molecular weight is 405 g/mol. The summed E-state index contributed by atoms with van der Waals surface area (Å²) in [4.78, 5) is 12.2. The van der Waals surface area contributed by atoms with E-state index in [1.54, 1.807) is 6.07 Å². The maximum absolute atomic E-state index is 12.2. The first-order chi connectivity index (χ1) is 13.4. The summed E-state index contributed by atoms with van der Waals surface area (Å²) in [6, 6.07) is 11.6. The average Bonchev–Trinajstić information content (AvgIpc) is 2.68. The molecule has 28 heavy (non-hydrogen) atoms. The lowest BCUT2D eigenvalue weighted by atomic mass is 10.1. The third-order valence-corrected chi connectivity index (χ3v) is 4.71. The van der Waals surface area contributed by atoms with Gasteiger partial charge in [-0.2, -0.15) is 0 Å². The molecule has 1 atom stereocenters. The van der Waals surface area contributed by atoms with Crippen LogP contribution in [0.1, 0.15) is 38.3 Å².